The molecule has 1 heterocycles. The Kier molecular flexibility index (Phi) is 4.30. The zero-order valence-electron chi connectivity index (χ0n) is 12.2. The van der Waals surface area contributed by atoms with Crippen molar-refractivity contribution in [1.29, 1.82) is 0 Å². The van der Waals surface area contributed by atoms with Gasteiger partial charge in [-0.3, -0.25) is 9.48 Å². The van der Waals surface area contributed by atoms with Gasteiger partial charge in [-0.15, -0.1) is 0 Å². The number of carbonyl (C=O) groups is 1. The van der Waals surface area contributed by atoms with E-state index in [0.29, 0.717) is 17.4 Å². The number of amides is 1. The van der Waals surface area contributed by atoms with E-state index in [1.54, 1.807) is 9.58 Å². The first-order valence-corrected chi connectivity index (χ1v) is 6.90. The Morgan fingerprint density at radius 1 is 1.45 bits per heavy atom. The Balaban J connectivity index is 2.47. The van der Waals surface area contributed by atoms with Gasteiger partial charge in [0.2, 0.25) is 5.91 Å². The van der Waals surface area contributed by atoms with Gasteiger partial charge in [0, 0.05) is 7.05 Å². The van der Waals surface area contributed by atoms with Crippen LogP contribution >= 0.6 is 11.6 Å². The number of nitrogens with zero attached hydrogens (tertiary/aromatic N) is 3. The minimum absolute atomic E-state index is 0.104. The van der Waals surface area contributed by atoms with Gasteiger partial charge in [0.05, 0.1) is 22.5 Å². The predicted molar refractivity (Wildman–Crippen MR) is 82.3 cm³/mol. The van der Waals surface area contributed by atoms with Crippen LogP contribution in [-0.2, 0) is 18.3 Å². The molecule has 0 unspecified atom stereocenters. The summed E-state index contributed by atoms with van der Waals surface area (Å²) in [6.45, 7) is 2.39. The second-order valence-corrected chi connectivity index (χ2v) is 5.45. The molecule has 0 bridgehead atoms. The minimum atomic E-state index is -0.104. The Hall–Kier alpha value is -1.59. The Labute approximate surface area is 123 Å². The normalized spacial score (nSPS) is 11.3. The highest BCUT2D eigenvalue weighted by Gasteiger charge is 2.16. The molecule has 0 radical (unpaired) electrons. The molecule has 20 heavy (non-hydrogen) atoms. The summed E-state index contributed by atoms with van der Waals surface area (Å²) in [6.07, 6.45) is 0.887. The maximum absolute atomic E-state index is 11.9. The fraction of sp³-hybridized carbons (Fsp3) is 0.429. The van der Waals surface area contributed by atoms with Gasteiger partial charge in [0.25, 0.3) is 0 Å². The van der Waals surface area contributed by atoms with Crippen LogP contribution in [0.3, 0.4) is 0 Å². The smallest absolute Gasteiger partial charge is 0.239 e. The molecule has 1 aromatic carbocycles. The highest BCUT2D eigenvalue weighted by Crippen LogP contribution is 2.32. The molecule has 2 aromatic rings. The SMILES string of the molecule is CCc1ccc(Cl)c2c(NC(=O)CN(C)C)nn(C)c12. The van der Waals surface area contributed by atoms with Gasteiger partial charge >= 0.3 is 0 Å². The summed E-state index contributed by atoms with van der Waals surface area (Å²) in [5.74, 6) is 0.419. The van der Waals surface area contributed by atoms with Gasteiger partial charge in [0.1, 0.15) is 0 Å². The van der Waals surface area contributed by atoms with Crippen LogP contribution in [0.5, 0.6) is 0 Å². The fourth-order valence-corrected chi connectivity index (χ4v) is 2.53. The van der Waals surface area contributed by atoms with Crippen LogP contribution < -0.4 is 5.32 Å². The number of likely N-dealkylation sites (N-methyl/N-ethyl adjacent to an activating group) is 1. The molecule has 0 aliphatic heterocycles. The average Bonchev–Trinajstić information content (AvgIpc) is 2.67. The van der Waals surface area contributed by atoms with E-state index in [1.165, 1.54) is 0 Å². The summed E-state index contributed by atoms with van der Waals surface area (Å²) in [4.78, 5) is 13.7. The summed E-state index contributed by atoms with van der Waals surface area (Å²) >= 11 is 6.28. The van der Waals surface area contributed by atoms with Crippen molar-refractivity contribution in [3.63, 3.8) is 0 Å². The largest absolute Gasteiger partial charge is 0.308 e. The second-order valence-electron chi connectivity index (χ2n) is 5.04. The van der Waals surface area contributed by atoms with Crippen molar-refractivity contribution in [2.24, 2.45) is 7.05 Å². The number of nitrogens with one attached hydrogen (secondary N) is 1. The van der Waals surface area contributed by atoms with Gasteiger partial charge in [-0.25, -0.2) is 0 Å². The second kappa shape index (κ2) is 5.81. The van der Waals surface area contributed by atoms with Crippen LogP contribution in [0.25, 0.3) is 10.9 Å². The number of hydrogen-bond acceptors (Lipinski definition) is 3. The molecule has 0 spiro atoms. The van der Waals surface area contributed by atoms with Crippen molar-refractivity contribution in [3.05, 3.63) is 22.7 Å². The van der Waals surface area contributed by atoms with Crippen molar-refractivity contribution in [1.82, 2.24) is 14.7 Å². The molecule has 1 amide bonds. The molecule has 1 aromatic heterocycles. The summed E-state index contributed by atoms with van der Waals surface area (Å²) in [6, 6.07) is 3.85. The molecule has 2 rings (SSSR count). The monoisotopic (exact) mass is 294 g/mol. The third-order valence-corrected chi connectivity index (χ3v) is 3.43. The van der Waals surface area contributed by atoms with Gasteiger partial charge in [-0.1, -0.05) is 24.6 Å². The number of aryl methyl sites for hydroxylation is 2. The zero-order valence-corrected chi connectivity index (χ0v) is 13.0. The van der Waals surface area contributed by atoms with E-state index >= 15 is 0 Å². The molecule has 0 fully saturated rings. The summed E-state index contributed by atoms with van der Waals surface area (Å²) in [5, 5.41) is 8.63. The molecule has 108 valence electrons. The fourth-order valence-electron chi connectivity index (χ4n) is 2.29. The number of aromatic nitrogens is 2. The van der Waals surface area contributed by atoms with E-state index < -0.39 is 0 Å². The highest BCUT2D eigenvalue weighted by atomic mass is 35.5. The van der Waals surface area contributed by atoms with Crippen LogP contribution in [0.4, 0.5) is 5.82 Å². The van der Waals surface area contributed by atoms with E-state index in [1.807, 2.05) is 33.3 Å². The van der Waals surface area contributed by atoms with Crippen molar-refractivity contribution in [2.45, 2.75) is 13.3 Å². The third kappa shape index (κ3) is 2.78. The molecule has 5 nitrogen and oxygen atoms in total. The number of rotatable bonds is 4. The first-order valence-electron chi connectivity index (χ1n) is 6.52. The van der Waals surface area contributed by atoms with Crippen molar-refractivity contribution in [3.8, 4) is 0 Å². The van der Waals surface area contributed by atoms with Crippen LogP contribution in [0.1, 0.15) is 12.5 Å². The van der Waals surface area contributed by atoms with E-state index in [4.69, 9.17) is 11.6 Å². The standard InChI is InChI=1S/C14H19ClN4O/c1-5-9-6-7-10(15)12-13(9)19(4)17-14(12)16-11(20)8-18(2)3/h6-7H,5,8H2,1-4H3,(H,16,17,20). The lowest BCUT2D eigenvalue weighted by Crippen LogP contribution is -2.27. The molecule has 0 saturated heterocycles. The zero-order chi connectivity index (χ0) is 14.9. The topological polar surface area (TPSA) is 50.2 Å². The summed E-state index contributed by atoms with van der Waals surface area (Å²) in [5.41, 5.74) is 2.13. The van der Waals surface area contributed by atoms with Gasteiger partial charge in [-0.05, 0) is 32.1 Å². The van der Waals surface area contributed by atoms with Gasteiger partial charge < -0.3 is 10.2 Å². The first-order chi connectivity index (χ1) is 9.43. The number of hydrogen-bond donors (Lipinski definition) is 1. The van der Waals surface area contributed by atoms with Crippen LogP contribution in [-0.4, -0.2) is 41.2 Å². The molecule has 0 aliphatic rings. The molecule has 0 saturated carbocycles. The van der Waals surface area contributed by atoms with Crippen LogP contribution in [0, 0.1) is 0 Å². The molecular formula is C14H19ClN4O. The maximum Gasteiger partial charge on any atom is 0.239 e. The predicted octanol–water partition coefficient (Wildman–Crippen LogP) is 2.29. The van der Waals surface area contributed by atoms with Crippen LogP contribution in [0.15, 0.2) is 12.1 Å². The number of carbonyl (C=O) groups excluding carboxylic acids is 1. The Bertz CT molecular complexity index is 648. The average molecular weight is 295 g/mol. The van der Waals surface area contributed by atoms with Crippen molar-refractivity contribution >= 4 is 34.2 Å². The molecule has 6 heteroatoms. The number of anilines is 1. The van der Waals surface area contributed by atoms with E-state index in [9.17, 15) is 4.79 Å². The molecule has 0 aliphatic carbocycles. The summed E-state index contributed by atoms with van der Waals surface area (Å²) < 4.78 is 1.77. The Morgan fingerprint density at radius 2 is 2.15 bits per heavy atom. The van der Waals surface area contributed by atoms with E-state index in [0.717, 1.165) is 22.9 Å². The number of benzene rings is 1. The van der Waals surface area contributed by atoms with E-state index in [-0.39, 0.29) is 5.91 Å². The lowest BCUT2D eigenvalue weighted by atomic mass is 10.1. The van der Waals surface area contributed by atoms with Crippen molar-refractivity contribution < 1.29 is 4.79 Å². The Morgan fingerprint density at radius 3 is 2.75 bits per heavy atom. The van der Waals surface area contributed by atoms with Crippen LogP contribution in [0.2, 0.25) is 5.02 Å². The minimum Gasteiger partial charge on any atom is -0.308 e. The van der Waals surface area contributed by atoms with Gasteiger partial charge in [0.15, 0.2) is 5.82 Å². The molecular weight excluding hydrogens is 276 g/mol. The lowest BCUT2D eigenvalue weighted by Gasteiger charge is -2.09. The maximum atomic E-state index is 11.9. The molecule has 0 atom stereocenters. The highest BCUT2D eigenvalue weighted by molar-refractivity contribution is 6.36. The lowest BCUT2D eigenvalue weighted by molar-refractivity contribution is -0.116. The molecule has 1 N–H and O–H groups in total. The number of halogens is 1. The van der Waals surface area contributed by atoms with Gasteiger partial charge in [-0.2, -0.15) is 5.10 Å². The number of fused-ring (bicyclic) bond motifs is 1. The van der Waals surface area contributed by atoms with E-state index in [2.05, 4.69) is 17.3 Å². The first kappa shape index (κ1) is 14.8. The van der Waals surface area contributed by atoms with Crippen molar-refractivity contribution in [2.75, 3.05) is 26.0 Å². The quantitative estimate of drug-likeness (QED) is 0.941. The third-order valence-electron chi connectivity index (χ3n) is 3.12. The summed E-state index contributed by atoms with van der Waals surface area (Å²) in [7, 11) is 5.55.